The maximum absolute atomic E-state index is 13.3. The maximum Gasteiger partial charge on any atom is 0.308 e. The van der Waals surface area contributed by atoms with E-state index in [2.05, 4.69) is 30.9 Å². The smallest absolute Gasteiger partial charge is 0.308 e. The molecule has 38 heavy (non-hydrogen) atoms. The first kappa shape index (κ1) is 26.0. The Hall–Kier alpha value is -3.60. The summed E-state index contributed by atoms with van der Waals surface area (Å²) in [5, 5.41) is 4.03. The second-order valence-corrected chi connectivity index (χ2v) is 13.2. The van der Waals surface area contributed by atoms with Crippen LogP contribution < -0.4 is 4.87 Å². The molecule has 0 aliphatic rings. The third-order valence-electron chi connectivity index (χ3n) is 6.37. The number of aromatic nitrogens is 3. The maximum atomic E-state index is 13.3. The number of thiazole rings is 1. The molecule has 5 rings (SSSR count). The van der Waals surface area contributed by atoms with E-state index in [-0.39, 0.29) is 27.6 Å². The molecule has 10 heteroatoms. The molecule has 0 unspecified atom stereocenters. The molecule has 0 radical (unpaired) electrons. The SMILES string of the molecule is CN(Cc1nc(-c2ccc(C(C)(C)C)cc2)no1)S(=O)(=O)c1ccc2c(c1)sc(=O)n2Cc1ccccc1. The third kappa shape index (κ3) is 5.20. The van der Waals surface area contributed by atoms with Crippen molar-refractivity contribution >= 4 is 31.6 Å². The minimum absolute atomic E-state index is 0.0293. The molecule has 196 valence electrons. The Labute approximate surface area is 225 Å². The summed E-state index contributed by atoms with van der Waals surface area (Å²) in [6, 6.07) is 22.3. The van der Waals surface area contributed by atoms with Gasteiger partial charge in [-0.1, -0.05) is 91.9 Å². The lowest BCUT2D eigenvalue weighted by atomic mass is 9.87. The van der Waals surface area contributed by atoms with Gasteiger partial charge in [0.15, 0.2) is 0 Å². The molecular weight excluding hydrogens is 520 g/mol. The van der Waals surface area contributed by atoms with Crippen LogP contribution >= 0.6 is 11.3 Å². The van der Waals surface area contributed by atoms with Crippen LogP contribution in [0.3, 0.4) is 0 Å². The van der Waals surface area contributed by atoms with Crippen molar-refractivity contribution in [3.05, 3.63) is 99.5 Å². The highest BCUT2D eigenvalue weighted by molar-refractivity contribution is 7.89. The van der Waals surface area contributed by atoms with Crippen molar-refractivity contribution in [2.45, 2.75) is 44.2 Å². The minimum Gasteiger partial charge on any atom is -0.338 e. The first-order valence-corrected chi connectivity index (χ1v) is 14.4. The van der Waals surface area contributed by atoms with Gasteiger partial charge in [0.1, 0.15) is 0 Å². The predicted molar refractivity (Wildman–Crippen MR) is 149 cm³/mol. The Bertz CT molecular complexity index is 1750. The summed E-state index contributed by atoms with van der Waals surface area (Å²) >= 11 is 1.03. The van der Waals surface area contributed by atoms with E-state index in [0.29, 0.717) is 22.6 Å². The summed E-state index contributed by atoms with van der Waals surface area (Å²) in [7, 11) is -2.40. The van der Waals surface area contributed by atoms with Gasteiger partial charge < -0.3 is 4.52 Å². The summed E-state index contributed by atoms with van der Waals surface area (Å²) in [6.07, 6.45) is 0. The third-order valence-corrected chi connectivity index (χ3v) is 9.11. The summed E-state index contributed by atoms with van der Waals surface area (Å²) in [6.45, 7) is 6.76. The quantitative estimate of drug-likeness (QED) is 0.274. The molecule has 2 heterocycles. The molecule has 0 bridgehead atoms. The summed E-state index contributed by atoms with van der Waals surface area (Å²) < 4.78 is 35.4. The number of rotatable bonds is 7. The topological polar surface area (TPSA) is 98.3 Å². The number of sulfonamides is 1. The first-order valence-electron chi connectivity index (χ1n) is 12.1. The van der Waals surface area contributed by atoms with Gasteiger partial charge in [-0.2, -0.15) is 9.29 Å². The molecule has 0 fully saturated rings. The van der Waals surface area contributed by atoms with Crippen molar-refractivity contribution < 1.29 is 12.9 Å². The van der Waals surface area contributed by atoms with Gasteiger partial charge >= 0.3 is 4.87 Å². The molecule has 8 nitrogen and oxygen atoms in total. The zero-order valence-electron chi connectivity index (χ0n) is 21.6. The normalized spacial score (nSPS) is 12.4. The van der Waals surface area contributed by atoms with Crippen LogP contribution in [0.5, 0.6) is 0 Å². The Morgan fingerprint density at radius 3 is 2.39 bits per heavy atom. The highest BCUT2D eigenvalue weighted by atomic mass is 32.2. The number of nitrogens with zero attached hydrogens (tertiary/aromatic N) is 4. The zero-order valence-corrected chi connectivity index (χ0v) is 23.2. The fourth-order valence-corrected chi connectivity index (χ4v) is 6.29. The first-order chi connectivity index (χ1) is 18.0. The van der Waals surface area contributed by atoms with Crippen molar-refractivity contribution in [1.82, 2.24) is 19.0 Å². The van der Waals surface area contributed by atoms with E-state index in [0.717, 1.165) is 26.8 Å². The fraction of sp³-hybridized carbons (Fsp3) is 0.250. The van der Waals surface area contributed by atoms with Crippen molar-refractivity contribution in [2.75, 3.05) is 7.05 Å². The van der Waals surface area contributed by atoms with Gasteiger partial charge in [-0.25, -0.2) is 8.42 Å². The van der Waals surface area contributed by atoms with Gasteiger partial charge in [0.2, 0.25) is 21.7 Å². The van der Waals surface area contributed by atoms with Gasteiger partial charge in [0.05, 0.1) is 28.2 Å². The van der Waals surface area contributed by atoms with E-state index in [1.54, 1.807) is 16.7 Å². The van der Waals surface area contributed by atoms with Crippen LogP contribution in [0.2, 0.25) is 0 Å². The van der Waals surface area contributed by atoms with Crippen LogP contribution in [-0.4, -0.2) is 34.5 Å². The van der Waals surface area contributed by atoms with E-state index in [1.165, 1.54) is 18.7 Å². The van der Waals surface area contributed by atoms with Crippen molar-refractivity contribution in [3.8, 4) is 11.4 Å². The van der Waals surface area contributed by atoms with Gasteiger partial charge in [-0.3, -0.25) is 9.36 Å². The van der Waals surface area contributed by atoms with Gasteiger partial charge in [-0.05, 0) is 34.7 Å². The molecule has 0 amide bonds. The Morgan fingerprint density at radius 1 is 1.00 bits per heavy atom. The molecule has 0 aliphatic carbocycles. The number of hydrogen-bond donors (Lipinski definition) is 0. The lowest BCUT2D eigenvalue weighted by molar-refractivity contribution is 0.337. The molecule has 0 atom stereocenters. The second-order valence-electron chi connectivity index (χ2n) is 10.2. The van der Waals surface area contributed by atoms with Gasteiger partial charge in [0, 0.05) is 12.6 Å². The van der Waals surface area contributed by atoms with Crippen LogP contribution in [0, 0.1) is 0 Å². The molecule has 2 aromatic heterocycles. The molecule has 3 aromatic carbocycles. The number of fused-ring (bicyclic) bond motifs is 1. The van der Waals surface area contributed by atoms with Gasteiger partial charge in [-0.15, -0.1) is 0 Å². The van der Waals surface area contributed by atoms with Crippen molar-refractivity contribution in [2.24, 2.45) is 0 Å². The molecular formula is C28H28N4O4S2. The molecule has 5 aromatic rings. The molecule has 0 N–H and O–H groups in total. The van der Waals surface area contributed by atoms with Crippen molar-refractivity contribution in [3.63, 3.8) is 0 Å². The highest BCUT2D eigenvalue weighted by Crippen LogP contribution is 2.27. The Kier molecular flexibility index (Phi) is 6.81. The summed E-state index contributed by atoms with van der Waals surface area (Å²) in [5.74, 6) is 0.586. The zero-order chi connectivity index (χ0) is 27.1. The standard InChI is InChI=1S/C28H28N4O4S2/c1-28(2,3)21-12-10-20(11-13-21)26-29-25(36-30-26)18-31(4)38(34,35)22-14-15-23-24(16-22)37-27(33)32(23)17-19-8-6-5-7-9-19/h5-16H,17-18H2,1-4H3. The van der Waals surface area contributed by atoms with E-state index >= 15 is 0 Å². The fourth-order valence-electron chi connectivity index (χ4n) is 4.13. The van der Waals surface area contributed by atoms with E-state index in [1.807, 2.05) is 54.6 Å². The largest absolute Gasteiger partial charge is 0.338 e. The molecule has 0 spiro atoms. The summed E-state index contributed by atoms with van der Waals surface area (Å²) in [4.78, 5) is 17.0. The van der Waals surface area contributed by atoms with Crippen LogP contribution in [0.1, 0.15) is 37.8 Å². The van der Waals surface area contributed by atoms with E-state index in [4.69, 9.17) is 4.52 Å². The molecule has 0 aliphatic heterocycles. The van der Waals surface area contributed by atoms with Crippen LogP contribution in [0.4, 0.5) is 0 Å². The second kappa shape index (κ2) is 9.94. The lowest BCUT2D eigenvalue weighted by Crippen LogP contribution is -2.26. The highest BCUT2D eigenvalue weighted by Gasteiger charge is 2.25. The van der Waals surface area contributed by atoms with E-state index in [9.17, 15) is 13.2 Å². The van der Waals surface area contributed by atoms with Gasteiger partial charge in [0.25, 0.3) is 0 Å². The molecule has 0 saturated heterocycles. The Balaban J connectivity index is 1.35. The lowest BCUT2D eigenvalue weighted by Gasteiger charge is -2.18. The Morgan fingerprint density at radius 2 is 1.71 bits per heavy atom. The van der Waals surface area contributed by atoms with Crippen molar-refractivity contribution in [1.29, 1.82) is 0 Å². The minimum atomic E-state index is -3.87. The number of benzene rings is 3. The number of hydrogen-bond acceptors (Lipinski definition) is 7. The summed E-state index contributed by atoms with van der Waals surface area (Å²) in [5.41, 5.74) is 3.70. The van der Waals surface area contributed by atoms with Crippen LogP contribution in [0.25, 0.3) is 21.6 Å². The average Bonchev–Trinajstić information content (AvgIpc) is 3.48. The van der Waals surface area contributed by atoms with E-state index < -0.39 is 10.0 Å². The van der Waals surface area contributed by atoms with Crippen LogP contribution in [-0.2, 0) is 28.5 Å². The average molecular weight is 549 g/mol. The monoisotopic (exact) mass is 548 g/mol. The van der Waals surface area contributed by atoms with Crippen LogP contribution in [0.15, 0.2) is 87.0 Å². The predicted octanol–water partition coefficient (Wildman–Crippen LogP) is 5.28. The molecule has 0 saturated carbocycles.